The minimum absolute atomic E-state index is 0.0514. The van der Waals surface area contributed by atoms with Gasteiger partial charge in [-0.25, -0.2) is 0 Å². The first-order chi connectivity index (χ1) is 7.66. The van der Waals surface area contributed by atoms with Crippen molar-refractivity contribution in [3.8, 4) is 0 Å². The molecule has 2 N–H and O–H groups in total. The number of anilines is 1. The van der Waals surface area contributed by atoms with Gasteiger partial charge in [0.1, 0.15) is 0 Å². The van der Waals surface area contributed by atoms with Gasteiger partial charge < -0.3 is 15.5 Å². The zero-order chi connectivity index (χ0) is 11.5. The lowest BCUT2D eigenvalue weighted by Crippen LogP contribution is -2.34. The third kappa shape index (κ3) is 2.48. The predicted molar refractivity (Wildman–Crippen MR) is 62.3 cm³/mol. The maximum absolute atomic E-state index is 12.0. The van der Waals surface area contributed by atoms with Crippen LogP contribution in [0.4, 0.5) is 5.13 Å². The van der Waals surface area contributed by atoms with E-state index < -0.39 is 0 Å². The van der Waals surface area contributed by atoms with Crippen LogP contribution in [0.25, 0.3) is 0 Å². The van der Waals surface area contributed by atoms with Crippen LogP contribution in [-0.2, 0) is 0 Å². The van der Waals surface area contributed by atoms with Gasteiger partial charge in [0.05, 0.1) is 0 Å². The fraction of sp³-hybridized carbons (Fsp3) is 0.667. The van der Waals surface area contributed by atoms with Gasteiger partial charge in [-0.15, -0.1) is 10.2 Å². The lowest BCUT2D eigenvalue weighted by atomic mass is 10.4. The van der Waals surface area contributed by atoms with Crippen molar-refractivity contribution in [1.29, 1.82) is 0 Å². The summed E-state index contributed by atoms with van der Waals surface area (Å²) in [7, 11) is 2.07. The highest BCUT2D eigenvalue weighted by atomic mass is 32.1. The second-order valence-corrected chi connectivity index (χ2v) is 4.90. The van der Waals surface area contributed by atoms with E-state index in [2.05, 4.69) is 22.1 Å². The summed E-state index contributed by atoms with van der Waals surface area (Å²) in [6.07, 6.45) is 0.997. The number of nitrogen functional groups attached to an aromatic ring is 1. The Balaban J connectivity index is 2.04. The molecule has 0 aromatic carbocycles. The lowest BCUT2D eigenvalue weighted by molar-refractivity contribution is 0.0761. The third-order valence-corrected chi connectivity index (χ3v) is 3.37. The molecular weight excluding hydrogens is 226 g/mol. The highest BCUT2D eigenvalue weighted by Gasteiger charge is 2.21. The van der Waals surface area contributed by atoms with Crippen LogP contribution >= 0.6 is 11.3 Å². The van der Waals surface area contributed by atoms with E-state index in [0.29, 0.717) is 10.1 Å². The average Bonchev–Trinajstić information content (AvgIpc) is 2.57. The zero-order valence-corrected chi connectivity index (χ0v) is 10.0. The number of rotatable bonds is 1. The molecule has 1 fully saturated rings. The molecule has 1 aromatic heterocycles. The molecular formula is C9H15N5OS. The number of likely N-dealkylation sites (N-methyl/N-ethyl adjacent to an activating group) is 1. The number of nitrogens with two attached hydrogens (primary N) is 1. The molecule has 0 saturated carbocycles. The van der Waals surface area contributed by atoms with Gasteiger partial charge in [0.2, 0.25) is 10.1 Å². The molecule has 7 heteroatoms. The number of carbonyl (C=O) groups excluding carboxylic acids is 1. The smallest absolute Gasteiger partial charge is 0.284 e. The van der Waals surface area contributed by atoms with Crippen molar-refractivity contribution >= 4 is 22.4 Å². The molecule has 1 aliphatic rings. The molecule has 0 radical (unpaired) electrons. The number of amides is 1. The summed E-state index contributed by atoms with van der Waals surface area (Å²) in [5.74, 6) is -0.0514. The van der Waals surface area contributed by atoms with Crippen molar-refractivity contribution < 1.29 is 4.79 Å². The van der Waals surface area contributed by atoms with Crippen molar-refractivity contribution in [2.75, 3.05) is 39.0 Å². The van der Waals surface area contributed by atoms with Crippen LogP contribution in [0.15, 0.2) is 0 Å². The van der Waals surface area contributed by atoms with Crippen LogP contribution in [-0.4, -0.2) is 59.1 Å². The maximum atomic E-state index is 12.0. The Morgan fingerprint density at radius 1 is 1.31 bits per heavy atom. The summed E-state index contributed by atoms with van der Waals surface area (Å²) in [5, 5.41) is 8.17. The fourth-order valence-corrected chi connectivity index (χ4v) is 2.28. The lowest BCUT2D eigenvalue weighted by Gasteiger charge is -2.18. The minimum Gasteiger partial charge on any atom is -0.374 e. The van der Waals surface area contributed by atoms with Crippen LogP contribution in [0.2, 0.25) is 0 Å². The Bertz CT molecular complexity index is 380. The van der Waals surface area contributed by atoms with E-state index in [1.165, 1.54) is 0 Å². The molecule has 0 bridgehead atoms. The third-order valence-electron chi connectivity index (χ3n) is 2.63. The molecule has 0 unspecified atom stereocenters. The zero-order valence-electron chi connectivity index (χ0n) is 9.22. The van der Waals surface area contributed by atoms with Crippen molar-refractivity contribution in [1.82, 2.24) is 20.0 Å². The van der Waals surface area contributed by atoms with Crippen molar-refractivity contribution in [2.24, 2.45) is 0 Å². The first-order valence-electron chi connectivity index (χ1n) is 5.23. The van der Waals surface area contributed by atoms with E-state index in [4.69, 9.17) is 5.73 Å². The highest BCUT2D eigenvalue weighted by Crippen LogP contribution is 2.14. The molecule has 16 heavy (non-hydrogen) atoms. The van der Waals surface area contributed by atoms with Gasteiger partial charge in [-0.05, 0) is 20.0 Å². The topological polar surface area (TPSA) is 75.3 Å². The highest BCUT2D eigenvalue weighted by molar-refractivity contribution is 7.16. The van der Waals surface area contributed by atoms with Crippen molar-refractivity contribution in [3.05, 3.63) is 5.01 Å². The van der Waals surface area contributed by atoms with Crippen LogP contribution in [0, 0.1) is 0 Å². The first-order valence-corrected chi connectivity index (χ1v) is 6.05. The quantitative estimate of drug-likeness (QED) is 0.743. The monoisotopic (exact) mass is 241 g/mol. The molecule has 2 heterocycles. The molecule has 88 valence electrons. The van der Waals surface area contributed by atoms with Crippen LogP contribution in [0.3, 0.4) is 0 Å². The number of nitrogens with zero attached hydrogens (tertiary/aromatic N) is 4. The minimum atomic E-state index is -0.0514. The number of carbonyl (C=O) groups is 1. The van der Waals surface area contributed by atoms with Gasteiger partial charge in [-0.3, -0.25) is 4.79 Å². The molecule has 0 spiro atoms. The molecule has 2 rings (SSSR count). The molecule has 1 aromatic rings. The Hall–Kier alpha value is -1.21. The Morgan fingerprint density at radius 3 is 2.81 bits per heavy atom. The van der Waals surface area contributed by atoms with Gasteiger partial charge in [0.25, 0.3) is 5.91 Å². The normalized spacial score (nSPS) is 18.4. The van der Waals surface area contributed by atoms with Crippen LogP contribution in [0.1, 0.15) is 16.2 Å². The number of hydrogen-bond acceptors (Lipinski definition) is 6. The summed E-state index contributed by atoms with van der Waals surface area (Å²) < 4.78 is 0. The fourth-order valence-electron chi connectivity index (χ4n) is 1.71. The molecule has 1 amide bonds. The standard InChI is InChI=1S/C9H15N5OS/c1-13-3-2-4-14(6-5-13)8(15)7-11-12-9(10)16-7/h2-6H2,1H3,(H2,10,12). The summed E-state index contributed by atoms with van der Waals surface area (Å²) in [4.78, 5) is 16.1. The predicted octanol–water partition coefficient (Wildman–Crippen LogP) is -0.102. The SMILES string of the molecule is CN1CCCN(C(=O)c2nnc(N)s2)CC1. The Labute approximate surface area is 98.0 Å². The summed E-state index contributed by atoms with van der Waals surface area (Å²) in [6.45, 7) is 3.46. The largest absolute Gasteiger partial charge is 0.374 e. The second kappa shape index (κ2) is 4.75. The number of aromatic nitrogens is 2. The maximum Gasteiger partial charge on any atom is 0.284 e. The first kappa shape index (κ1) is 11.3. The van der Waals surface area contributed by atoms with E-state index >= 15 is 0 Å². The molecule has 0 aliphatic carbocycles. The van der Waals surface area contributed by atoms with Gasteiger partial charge in [-0.1, -0.05) is 11.3 Å². The molecule has 1 aliphatic heterocycles. The average molecular weight is 241 g/mol. The van der Waals surface area contributed by atoms with Crippen LogP contribution in [0.5, 0.6) is 0 Å². The van der Waals surface area contributed by atoms with E-state index in [9.17, 15) is 4.79 Å². The molecule has 0 atom stereocenters. The Kier molecular flexibility index (Phi) is 3.35. The number of hydrogen-bond donors (Lipinski definition) is 1. The van der Waals surface area contributed by atoms with Crippen molar-refractivity contribution in [2.45, 2.75) is 6.42 Å². The van der Waals surface area contributed by atoms with Gasteiger partial charge in [-0.2, -0.15) is 0 Å². The van der Waals surface area contributed by atoms with Crippen LogP contribution < -0.4 is 5.73 Å². The summed E-state index contributed by atoms with van der Waals surface area (Å²) >= 11 is 1.15. The van der Waals surface area contributed by atoms with Gasteiger partial charge >= 0.3 is 0 Å². The van der Waals surface area contributed by atoms with Crippen molar-refractivity contribution in [3.63, 3.8) is 0 Å². The summed E-state index contributed by atoms with van der Waals surface area (Å²) in [5.41, 5.74) is 5.46. The molecule has 1 saturated heterocycles. The van der Waals surface area contributed by atoms with Gasteiger partial charge in [0.15, 0.2) is 0 Å². The van der Waals surface area contributed by atoms with E-state index in [1.807, 2.05) is 4.90 Å². The van der Waals surface area contributed by atoms with E-state index in [1.54, 1.807) is 0 Å². The van der Waals surface area contributed by atoms with E-state index in [-0.39, 0.29) is 5.91 Å². The summed E-state index contributed by atoms with van der Waals surface area (Å²) in [6, 6.07) is 0. The second-order valence-electron chi connectivity index (χ2n) is 3.89. The van der Waals surface area contributed by atoms with Gasteiger partial charge in [0, 0.05) is 19.6 Å². The Morgan fingerprint density at radius 2 is 2.12 bits per heavy atom. The molecule has 6 nitrogen and oxygen atoms in total. The van der Waals surface area contributed by atoms with E-state index in [0.717, 1.165) is 43.9 Å².